The first-order chi connectivity index (χ1) is 7.50. The van der Waals surface area contributed by atoms with Gasteiger partial charge in [0.2, 0.25) is 0 Å². The maximum atomic E-state index is 12.4. The van der Waals surface area contributed by atoms with Crippen molar-refractivity contribution in [3.8, 4) is 0 Å². The molecule has 0 spiro atoms. The minimum atomic E-state index is -4.36. The Labute approximate surface area is 89.1 Å². The van der Waals surface area contributed by atoms with E-state index in [9.17, 15) is 13.2 Å². The lowest BCUT2D eigenvalue weighted by atomic mass is 10.1. The van der Waals surface area contributed by atoms with Crippen LogP contribution in [0.15, 0.2) is 24.4 Å². The van der Waals surface area contributed by atoms with Crippen LogP contribution in [0.1, 0.15) is 11.4 Å². The fourth-order valence-electron chi connectivity index (χ4n) is 1.34. The van der Waals surface area contributed by atoms with Gasteiger partial charge in [-0.15, -0.1) is 0 Å². The molecule has 16 heavy (non-hydrogen) atoms. The molecule has 0 fully saturated rings. The highest BCUT2D eigenvalue weighted by Gasteiger charge is 2.30. The van der Waals surface area contributed by atoms with E-state index in [-0.39, 0.29) is 12.1 Å². The van der Waals surface area contributed by atoms with Crippen LogP contribution in [0.25, 0.3) is 10.9 Å². The van der Waals surface area contributed by atoms with Gasteiger partial charge in [0.15, 0.2) is 0 Å². The molecule has 3 nitrogen and oxygen atoms in total. The zero-order chi connectivity index (χ0) is 11.8. The molecular weight excluding hydrogens is 219 g/mol. The van der Waals surface area contributed by atoms with Gasteiger partial charge in [-0.1, -0.05) is 6.07 Å². The molecule has 0 atom stereocenters. The third kappa shape index (κ3) is 1.96. The van der Waals surface area contributed by atoms with Gasteiger partial charge in [0.05, 0.1) is 17.6 Å². The molecule has 0 amide bonds. The Morgan fingerprint density at radius 3 is 2.62 bits per heavy atom. The van der Waals surface area contributed by atoms with E-state index in [2.05, 4.69) is 9.97 Å². The summed E-state index contributed by atoms with van der Waals surface area (Å²) in [4.78, 5) is 7.83. The molecule has 1 aromatic heterocycles. The van der Waals surface area contributed by atoms with Gasteiger partial charge in [0, 0.05) is 11.6 Å². The zero-order valence-corrected chi connectivity index (χ0v) is 8.12. The lowest BCUT2D eigenvalue weighted by Crippen LogP contribution is -2.06. The summed E-state index contributed by atoms with van der Waals surface area (Å²) in [5.41, 5.74) is 4.85. The van der Waals surface area contributed by atoms with E-state index in [0.717, 1.165) is 12.1 Å². The van der Waals surface area contributed by atoms with Crippen LogP contribution < -0.4 is 5.73 Å². The average molecular weight is 227 g/mol. The summed E-state index contributed by atoms with van der Waals surface area (Å²) in [6.07, 6.45) is -2.90. The lowest BCUT2D eigenvalue weighted by Gasteiger charge is -2.07. The highest BCUT2D eigenvalue weighted by Crippen LogP contribution is 2.30. The van der Waals surface area contributed by atoms with Crippen LogP contribution in [0.5, 0.6) is 0 Å². The van der Waals surface area contributed by atoms with Gasteiger partial charge in [-0.25, -0.2) is 9.97 Å². The number of benzene rings is 1. The molecule has 0 saturated heterocycles. The van der Waals surface area contributed by atoms with Gasteiger partial charge in [-0.2, -0.15) is 13.2 Å². The first kappa shape index (κ1) is 10.8. The van der Waals surface area contributed by atoms with Crippen molar-refractivity contribution in [2.75, 3.05) is 0 Å². The van der Waals surface area contributed by atoms with Crippen molar-refractivity contribution in [2.24, 2.45) is 5.73 Å². The van der Waals surface area contributed by atoms with Gasteiger partial charge < -0.3 is 5.73 Å². The molecule has 0 aliphatic carbocycles. The van der Waals surface area contributed by atoms with Crippen LogP contribution in [0.4, 0.5) is 13.2 Å². The van der Waals surface area contributed by atoms with E-state index in [0.29, 0.717) is 11.2 Å². The minimum absolute atomic E-state index is 0.103. The number of alkyl halides is 3. The molecule has 2 N–H and O–H groups in total. The molecule has 0 aliphatic heterocycles. The quantitative estimate of drug-likeness (QED) is 0.811. The van der Waals surface area contributed by atoms with E-state index >= 15 is 0 Å². The molecule has 1 aromatic carbocycles. The molecule has 2 aromatic rings. The number of hydrogen-bond acceptors (Lipinski definition) is 3. The number of hydrogen-bond donors (Lipinski definition) is 1. The van der Waals surface area contributed by atoms with Gasteiger partial charge >= 0.3 is 6.18 Å². The Morgan fingerprint density at radius 1 is 1.25 bits per heavy atom. The summed E-state index contributed by atoms with van der Waals surface area (Å²) in [7, 11) is 0. The maximum absolute atomic E-state index is 12.4. The molecule has 0 radical (unpaired) electrons. The predicted octanol–water partition coefficient (Wildman–Crippen LogP) is 2.11. The van der Waals surface area contributed by atoms with E-state index in [1.54, 1.807) is 0 Å². The molecular formula is C10H8F3N3. The number of halogens is 3. The van der Waals surface area contributed by atoms with Crippen LogP contribution in [0.2, 0.25) is 0 Å². The largest absolute Gasteiger partial charge is 0.416 e. The van der Waals surface area contributed by atoms with Gasteiger partial charge in [0.1, 0.15) is 5.82 Å². The van der Waals surface area contributed by atoms with Crippen LogP contribution in [-0.4, -0.2) is 9.97 Å². The first-order valence-electron chi connectivity index (χ1n) is 4.53. The summed E-state index contributed by atoms with van der Waals surface area (Å²) in [5, 5.41) is 0.560. The van der Waals surface area contributed by atoms with E-state index in [1.807, 2.05) is 0 Å². The highest BCUT2D eigenvalue weighted by molar-refractivity contribution is 5.78. The Balaban J connectivity index is 2.59. The van der Waals surface area contributed by atoms with Gasteiger partial charge in [-0.3, -0.25) is 0 Å². The average Bonchev–Trinajstić information content (AvgIpc) is 2.26. The number of aromatic nitrogens is 2. The van der Waals surface area contributed by atoms with Crippen molar-refractivity contribution in [3.05, 3.63) is 35.8 Å². The third-order valence-electron chi connectivity index (χ3n) is 2.14. The molecule has 84 valence electrons. The Kier molecular flexibility index (Phi) is 2.51. The normalized spacial score (nSPS) is 12.0. The second-order valence-electron chi connectivity index (χ2n) is 3.26. The maximum Gasteiger partial charge on any atom is 0.416 e. The lowest BCUT2D eigenvalue weighted by molar-refractivity contribution is -0.137. The van der Waals surface area contributed by atoms with Crippen molar-refractivity contribution < 1.29 is 13.2 Å². The SMILES string of the molecule is NCc1ncc2ccc(C(F)(F)F)cc2n1. The van der Waals surface area contributed by atoms with E-state index in [4.69, 9.17) is 5.73 Å². The van der Waals surface area contributed by atoms with Crippen LogP contribution in [0, 0.1) is 0 Å². The monoisotopic (exact) mass is 227 g/mol. The van der Waals surface area contributed by atoms with Crippen molar-refractivity contribution in [1.29, 1.82) is 0 Å². The van der Waals surface area contributed by atoms with Gasteiger partial charge in [0.25, 0.3) is 0 Å². The van der Waals surface area contributed by atoms with Crippen molar-refractivity contribution in [3.63, 3.8) is 0 Å². The molecule has 0 bridgehead atoms. The number of fused-ring (bicyclic) bond motifs is 1. The molecule has 2 rings (SSSR count). The number of rotatable bonds is 1. The van der Waals surface area contributed by atoms with Crippen molar-refractivity contribution >= 4 is 10.9 Å². The first-order valence-corrected chi connectivity index (χ1v) is 4.53. The van der Waals surface area contributed by atoms with Crippen molar-refractivity contribution in [2.45, 2.75) is 12.7 Å². The summed E-state index contributed by atoms with van der Waals surface area (Å²) < 4.78 is 37.3. The minimum Gasteiger partial charge on any atom is -0.324 e. The highest BCUT2D eigenvalue weighted by atomic mass is 19.4. The molecule has 1 heterocycles. The molecule has 0 saturated carbocycles. The Morgan fingerprint density at radius 2 is 2.00 bits per heavy atom. The smallest absolute Gasteiger partial charge is 0.324 e. The molecule has 6 heteroatoms. The Hall–Kier alpha value is -1.69. The fraction of sp³-hybridized carbons (Fsp3) is 0.200. The van der Waals surface area contributed by atoms with Crippen molar-refractivity contribution in [1.82, 2.24) is 9.97 Å². The second-order valence-corrected chi connectivity index (χ2v) is 3.26. The van der Waals surface area contributed by atoms with Crippen LogP contribution in [-0.2, 0) is 12.7 Å². The summed E-state index contributed by atoms with van der Waals surface area (Å²) in [5.74, 6) is 0.326. The topological polar surface area (TPSA) is 51.8 Å². The van der Waals surface area contributed by atoms with Crippen LogP contribution in [0.3, 0.4) is 0 Å². The van der Waals surface area contributed by atoms with E-state index in [1.165, 1.54) is 12.3 Å². The molecule has 0 unspecified atom stereocenters. The third-order valence-corrected chi connectivity index (χ3v) is 2.14. The van der Waals surface area contributed by atoms with Crippen LogP contribution >= 0.6 is 0 Å². The Bertz CT molecular complexity index is 522. The second kappa shape index (κ2) is 3.71. The zero-order valence-electron chi connectivity index (χ0n) is 8.12. The standard InChI is InChI=1S/C10H8F3N3/c11-10(12,13)7-2-1-6-5-15-9(4-14)16-8(6)3-7/h1-3,5H,4,14H2. The fourth-order valence-corrected chi connectivity index (χ4v) is 1.34. The van der Waals surface area contributed by atoms with E-state index < -0.39 is 11.7 Å². The summed E-state index contributed by atoms with van der Waals surface area (Å²) in [6, 6.07) is 3.35. The predicted molar refractivity (Wildman–Crippen MR) is 52.4 cm³/mol. The number of nitrogens with zero attached hydrogens (tertiary/aromatic N) is 2. The number of nitrogens with two attached hydrogens (primary N) is 1. The molecule has 0 aliphatic rings. The summed E-state index contributed by atoms with van der Waals surface area (Å²) >= 11 is 0. The summed E-state index contributed by atoms with van der Waals surface area (Å²) in [6.45, 7) is 0.103. The van der Waals surface area contributed by atoms with Gasteiger partial charge in [-0.05, 0) is 12.1 Å².